The summed E-state index contributed by atoms with van der Waals surface area (Å²) in [7, 11) is -0.657. The average Bonchev–Trinajstić information content (AvgIpc) is 2.88. The van der Waals surface area contributed by atoms with Crippen molar-refractivity contribution in [2.75, 3.05) is 27.3 Å². The van der Waals surface area contributed by atoms with Crippen LogP contribution in [-0.2, 0) is 14.8 Å². The second-order valence-electron chi connectivity index (χ2n) is 8.10. The number of nitrogens with zero attached hydrogens (tertiary/aromatic N) is 4. The number of nitriles is 1. The van der Waals surface area contributed by atoms with Crippen molar-refractivity contribution < 1.29 is 22.7 Å². The first-order valence-electron chi connectivity index (χ1n) is 11.0. The minimum atomic E-state index is -3.79. The van der Waals surface area contributed by atoms with Crippen LogP contribution >= 0.6 is 0 Å². The highest BCUT2D eigenvalue weighted by Gasteiger charge is 2.35. The molecule has 0 spiro atoms. The summed E-state index contributed by atoms with van der Waals surface area (Å²) in [6.07, 6.45) is 1.77. The average molecular weight is 483 g/mol. The molecule has 1 amide bonds. The van der Waals surface area contributed by atoms with Crippen LogP contribution in [-0.4, -0.2) is 62.7 Å². The summed E-state index contributed by atoms with van der Waals surface area (Å²) in [5.74, 6) is 1.13. The molecule has 0 radical (unpaired) electrons. The maximum absolute atomic E-state index is 13.1. The van der Waals surface area contributed by atoms with Crippen molar-refractivity contribution in [2.24, 2.45) is 5.10 Å². The zero-order valence-electron chi connectivity index (χ0n) is 19.1. The number of amides is 1. The van der Waals surface area contributed by atoms with Gasteiger partial charge in [-0.25, -0.2) is 13.4 Å². The number of hydrazone groups is 1. The SMILES string of the molecule is COc1ccc(C2=NN(C3CCN(S(=O)(=O)c4ccccc4C#N)CC3)C(=O)CC2)cc1OC. The lowest BCUT2D eigenvalue weighted by molar-refractivity contribution is -0.134. The maximum atomic E-state index is 13.1. The largest absolute Gasteiger partial charge is 0.493 e. The molecule has 4 rings (SSSR count). The Balaban J connectivity index is 1.51. The quantitative estimate of drug-likeness (QED) is 0.626. The van der Waals surface area contributed by atoms with Crippen LogP contribution in [0.25, 0.3) is 0 Å². The Morgan fingerprint density at radius 3 is 2.41 bits per heavy atom. The highest BCUT2D eigenvalue weighted by Crippen LogP contribution is 2.31. The number of benzene rings is 2. The molecular formula is C24H26N4O5S. The number of sulfonamides is 1. The minimum Gasteiger partial charge on any atom is -0.493 e. The fourth-order valence-electron chi connectivity index (χ4n) is 4.33. The molecule has 0 N–H and O–H groups in total. The minimum absolute atomic E-state index is 0.0127. The number of carbonyl (C=O) groups excluding carboxylic acids is 1. The molecule has 2 heterocycles. The summed E-state index contributed by atoms with van der Waals surface area (Å²) < 4.78 is 38.3. The van der Waals surface area contributed by atoms with Gasteiger partial charge in [0.1, 0.15) is 6.07 Å². The third kappa shape index (κ3) is 4.49. The van der Waals surface area contributed by atoms with Crippen LogP contribution < -0.4 is 9.47 Å². The van der Waals surface area contributed by atoms with Gasteiger partial charge in [0.05, 0.1) is 36.4 Å². The van der Waals surface area contributed by atoms with Crippen molar-refractivity contribution >= 4 is 21.6 Å². The monoisotopic (exact) mass is 482 g/mol. The zero-order chi connectivity index (χ0) is 24.3. The molecule has 2 aromatic carbocycles. The van der Waals surface area contributed by atoms with Gasteiger partial charge >= 0.3 is 0 Å². The summed E-state index contributed by atoms with van der Waals surface area (Å²) in [6, 6.07) is 13.5. The van der Waals surface area contributed by atoms with Gasteiger partial charge in [-0.05, 0) is 43.2 Å². The highest BCUT2D eigenvalue weighted by atomic mass is 32.2. The summed E-state index contributed by atoms with van der Waals surface area (Å²) in [5, 5.41) is 15.5. The fraction of sp³-hybridized carbons (Fsp3) is 0.375. The van der Waals surface area contributed by atoms with Crippen LogP contribution in [0, 0.1) is 11.3 Å². The maximum Gasteiger partial charge on any atom is 0.244 e. The molecule has 2 aliphatic rings. The molecule has 0 unspecified atom stereocenters. The van der Waals surface area contributed by atoms with E-state index >= 15 is 0 Å². The van der Waals surface area contributed by atoms with Gasteiger partial charge < -0.3 is 9.47 Å². The van der Waals surface area contributed by atoms with Crippen molar-refractivity contribution in [1.82, 2.24) is 9.31 Å². The number of carbonyl (C=O) groups is 1. The Morgan fingerprint density at radius 2 is 1.74 bits per heavy atom. The molecule has 0 atom stereocenters. The molecule has 178 valence electrons. The first-order valence-corrected chi connectivity index (χ1v) is 12.4. The van der Waals surface area contributed by atoms with Crippen molar-refractivity contribution in [3.63, 3.8) is 0 Å². The molecule has 0 bridgehead atoms. The predicted octanol–water partition coefficient (Wildman–Crippen LogP) is 2.76. The molecule has 34 heavy (non-hydrogen) atoms. The summed E-state index contributed by atoms with van der Waals surface area (Å²) in [6.45, 7) is 0.496. The van der Waals surface area contributed by atoms with Crippen LogP contribution in [0.15, 0.2) is 52.5 Å². The van der Waals surface area contributed by atoms with Crippen LogP contribution in [0.4, 0.5) is 0 Å². The third-order valence-electron chi connectivity index (χ3n) is 6.17. The number of piperidine rings is 1. The van der Waals surface area contributed by atoms with E-state index in [1.807, 2.05) is 18.2 Å². The van der Waals surface area contributed by atoms with E-state index in [1.54, 1.807) is 32.4 Å². The molecule has 9 nitrogen and oxygen atoms in total. The van der Waals surface area contributed by atoms with Gasteiger partial charge in [-0.15, -0.1) is 0 Å². The van der Waals surface area contributed by atoms with E-state index in [0.29, 0.717) is 37.2 Å². The number of hydrogen-bond donors (Lipinski definition) is 0. The Kier molecular flexibility index (Phi) is 6.86. The molecule has 10 heteroatoms. The van der Waals surface area contributed by atoms with E-state index < -0.39 is 10.0 Å². The molecular weight excluding hydrogens is 456 g/mol. The normalized spacial score (nSPS) is 17.7. The van der Waals surface area contributed by atoms with E-state index in [2.05, 4.69) is 5.10 Å². The van der Waals surface area contributed by atoms with Gasteiger partial charge in [-0.2, -0.15) is 14.7 Å². The first kappa shape index (κ1) is 23.7. The standard InChI is InChI=1S/C24H26N4O5S/c1-32-21-9-7-17(15-22(21)33-2)20-8-10-24(29)28(26-20)19-11-13-27(14-12-19)34(30,31)23-6-4-3-5-18(23)16-25/h3-7,9,15,19H,8,10-14H2,1-2H3. The van der Waals surface area contributed by atoms with Crippen molar-refractivity contribution in [3.8, 4) is 17.6 Å². The van der Waals surface area contributed by atoms with Gasteiger partial charge in [0.15, 0.2) is 11.5 Å². The van der Waals surface area contributed by atoms with E-state index in [9.17, 15) is 18.5 Å². The van der Waals surface area contributed by atoms with E-state index in [1.165, 1.54) is 21.4 Å². The molecule has 2 aliphatic heterocycles. The number of methoxy groups -OCH3 is 2. The summed E-state index contributed by atoms with van der Waals surface area (Å²) in [4.78, 5) is 12.7. The lowest BCUT2D eigenvalue weighted by atomic mass is 10.0. The van der Waals surface area contributed by atoms with Gasteiger partial charge in [0.25, 0.3) is 0 Å². The second kappa shape index (κ2) is 9.83. The molecule has 1 fully saturated rings. The summed E-state index contributed by atoms with van der Waals surface area (Å²) >= 11 is 0. The van der Waals surface area contributed by atoms with E-state index in [4.69, 9.17) is 9.47 Å². The number of ether oxygens (including phenoxy) is 2. The summed E-state index contributed by atoms with van der Waals surface area (Å²) in [5.41, 5.74) is 1.75. The lowest BCUT2D eigenvalue weighted by Crippen LogP contribution is -2.48. The lowest BCUT2D eigenvalue weighted by Gasteiger charge is -2.37. The van der Waals surface area contributed by atoms with Crippen molar-refractivity contribution in [2.45, 2.75) is 36.6 Å². The van der Waals surface area contributed by atoms with Crippen LogP contribution in [0.5, 0.6) is 11.5 Å². The van der Waals surface area contributed by atoms with E-state index in [0.717, 1.165) is 11.3 Å². The van der Waals surface area contributed by atoms with Crippen LogP contribution in [0.2, 0.25) is 0 Å². The highest BCUT2D eigenvalue weighted by molar-refractivity contribution is 7.89. The predicted molar refractivity (Wildman–Crippen MR) is 125 cm³/mol. The van der Waals surface area contributed by atoms with Gasteiger partial charge in [0, 0.05) is 31.5 Å². The Hall–Kier alpha value is -3.42. The number of hydrogen-bond acceptors (Lipinski definition) is 7. The number of rotatable bonds is 6. The van der Waals surface area contributed by atoms with Crippen LogP contribution in [0.1, 0.15) is 36.8 Å². The van der Waals surface area contributed by atoms with E-state index in [-0.39, 0.29) is 35.5 Å². The van der Waals surface area contributed by atoms with Gasteiger partial charge in [-0.3, -0.25) is 4.79 Å². The Morgan fingerprint density at radius 1 is 1.03 bits per heavy atom. The topological polar surface area (TPSA) is 112 Å². The molecule has 0 aromatic heterocycles. The second-order valence-corrected chi connectivity index (χ2v) is 10.0. The van der Waals surface area contributed by atoms with Gasteiger partial charge in [0.2, 0.25) is 15.9 Å². The zero-order valence-corrected chi connectivity index (χ0v) is 19.9. The Bertz CT molecular complexity index is 1260. The van der Waals surface area contributed by atoms with Gasteiger partial charge in [-0.1, -0.05) is 12.1 Å². The molecule has 0 saturated carbocycles. The molecule has 1 saturated heterocycles. The fourth-order valence-corrected chi connectivity index (χ4v) is 5.94. The van der Waals surface area contributed by atoms with Crippen LogP contribution in [0.3, 0.4) is 0 Å². The smallest absolute Gasteiger partial charge is 0.244 e. The Labute approximate surface area is 199 Å². The van der Waals surface area contributed by atoms with Crippen molar-refractivity contribution in [1.29, 1.82) is 5.26 Å². The molecule has 0 aliphatic carbocycles. The van der Waals surface area contributed by atoms with Crippen molar-refractivity contribution in [3.05, 3.63) is 53.6 Å². The third-order valence-corrected chi connectivity index (χ3v) is 8.13. The molecule has 2 aromatic rings. The first-order chi connectivity index (χ1) is 16.4.